The highest BCUT2D eigenvalue weighted by molar-refractivity contribution is 5.94. The first kappa shape index (κ1) is 15.7. The van der Waals surface area contributed by atoms with Crippen LogP contribution >= 0.6 is 0 Å². The van der Waals surface area contributed by atoms with Gasteiger partial charge in [-0.1, -0.05) is 0 Å². The number of hydrogen-bond acceptors (Lipinski definition) is 4. The Morgan fingerprint density at radius 2 is 2.12 bits per heavy atom. The maximum atomic E-state index is 14.3. The van der Waals surface area contributed by atoms with Gasteiger partial charge in [0.05, 0.1) is 5.69 Å². The fourth-order valence-corrected chi connectivity index (χ4v) is 2.33. The minimum Gasteiger partial charge on any atom is -0.457 e. The highest BCUT2D eigenvalue weighted by Gasteiger charge is 2.24. The van der Waals surface area contributed by atoms with Gasteiger partial charge >= 0.3 is 6.03 Å². The monoisotopic (exact) mass is 330 g/mol. The van der Waals surface area contributed by atoms with Crippen LogP contribution in [0.5, 0.6) is 11.5 Å². The first-order valence-electron chi connectivity index (χ1n) is 7.29. The molecule has 1 saturated heterocycles. The number of amides is 3. The Morgan fingerprint density at radius 3 is 2.79 bits per heavy atom. The number of nitrogens with zero attached hydrogens (tertiary/aromatic N) is 2. The molecule has 0 spiro atoms. The van der Waals surface area contributed by atoms with E-state index in [1.807, 2.05) is 0 Å². The number of carbonyl (C=O) groups excluding carboxylic acids is 2. The van der Waals surface area contributed by atoms with E-state index in [0.29, 0.717) is 18.8 Å². The second-order valence-corrected chi connectivity index (χ2v) is 5.05. The molecule has 0 saturated carbocycles. The van der Waals surface area contributed by atoms with Crippen LogP contribution in [0.4, 0.5) is 14.9 Å². The number of rotatable bonds is 4. The van der Waals surface area contributed by atoms with E-state index in [0.717, 1.165) is 0 Å². The van der Waals surface area contributed by atoms with Crippen molar-refractivity contribution in [3.63, 3.8) is 0 Å². The van der Waals surface area contributed by atoms with Crippen molar-refractivity contribution in [3.8, 4) is 11.5 Å². The molecule has 2 N–H and O–H groups in total. The van der Waals surface area contributed by atoms with Crippen molar-refractivity contribution in [2.75, 3.05) is 25.0 Å². The van der Waals surface area contributed by atoms with Crippen molar-refractivity contribution in [1.82, 2.24) is 15.6 Å². The topological polar surface area (TPSA) is 83.6 Å². The fourth-order valence-electron chi connectivity index (χ4n) is 2.33. The maximum Gasteiger partial charge on any atom is 0.322 e. The van der Waals surface area contributed by atoms with E-state index >= 15 is 0 Å². The van der Waals surface area contributed by atoms with Gasteiger partial charge < -0.3 is 15.4 Å². The van der Waals surface area contributed by atoms with E-state index < -0.39 is 5.82 Å². The summed E-state index contributed by atoms with van der Waals surface area (Å²) < 4.78 is 19.8. The van der Waals surface area contributed by atoms with Crippen molar-refractivity contribution in [1.29, 1.82) is 0 Å². The molecule has 24 heavy (non-hydrogen) atoms. The van der Waals surface area contributed by atoms with Crippen LogP contribution in [0.15, 0.2) is 36.5 Å². The molecule has 1 aliphatic heterocycles. The van der Waals surface area contributed by atoms with Gasteiger partial charge in [0.2, 0.25) is 0 Å². The number of benzene rings is 1. The Balaban J connectivity index is 1.80. The first-order valence-corrected chi connectivity index (χ1v) is 7.29. The van der Waals surface area contributed by atoms with Crippen LogP contribution in [0.1, 0.15) is 10.5 Å². The third kappa shape index (κ3) is 3.12. The quantitative estimate of drug-likeness (QED) is 0.897. The van der Waals surface area contributed by atoms with E-state index in [2.05, 4.69) is 15.6 Å². The summed E-state index contributed by atoms with van der Waals surface area (Å²) in [6.07, 6.45) is 1.43. The van der Waals surface area contributed by atoms with Crippen LogP contribution in [0.2, 0.25) is 0 Å². The molecule has 0 atom stereocenters. The zero-order chi connectivity index (χ0) is 17.1. The average molecular weight is 330 g/mol. The summed E-state index contributed by atoms with van der Waals surface area (Å²) in [5.41, 5.74) is 0.388. The molecular formula is C16H15FN4O3. The molecule has 2 heterocycles. The first-order chi connectivity index (χ1) is 11.6. The van der Waals surface area contributed by atoms with Gasteiger partial charge in [0.25, 0.3) is 5.91 Å². The minimum atomic E-state index is -0.565. The molecular weight excluding hydrogens is 315 g/mol. The lowest BCUT2D eigenvalue weighted by Crippen LogP contribution is -2.28. The zero-order valence-corrected chi connectivity index (χ0v) is 12.9. The largest absolute Gasteiger partial charge is 0.457 e. The smallest absolute Gasteiger partial charge is 0.322 e. The van der Waals surface area contributed by atoms with Gasteiger partial charge in [0.1, 0.15) is 17.2 Å². The molecule has 124 valence electrons. The van der Waals surface area contributed by atoms with Gasteiger partial charge in [-0.15, -0.1) is 0 Å². The number of carbonyl (C=O) groups is 2. The van der Waals surface area contributed by atoms with Crippen LogP contribution in [-0.4, -0.2) is 37.1 Å². The van der Waals surface area contributed by atoms with Crippen molar-refractivity contribution >= 4 is 17.6 Å². The van der Waals surface area contributed by atoms with Crippen LogP contribution in [-0.2, 0) is 0 Å². The highest BCUT2D eigenvalue weighted by atomic mass is 19.1. The van der Waals surface area contributed by atoms with Crippen LogP contribution < -0.4 is 20.3 Å². The van der Waals surface area contributed by atoms with Gasteiger partial charge in [0.15, 0.2) is 5.82 Å². The molecule has 0 unspecified atom stereocenters. The maximum absolute atomic E-state index is 14.3. The number of nitrogens with one attached hydrogen (secondary N) is 2. The average Bonchev–Trinajstić information content (AvgIpc) is 3.00. The zero-order valence-electron chi connectivity index (χ0n) is 12.9. The summed E-state index contributed by atoms with van der Waals surface area (Å²) >= 11 is 0. The van der Waals surface area contributed by atoms with E-state index in [1.54, 1.807) is 12.1 Å². The van der Waals surface area contributed by atoms with Crippen LogP contribution in [0, 0.1) is 5.82 Å². The second kappa shape index (κ2) is 6.53. The van der Waals surface area contributed by atoms with E-state index in [-0.39, 0.29) is 29.1 Å². The number of anilines is 1. The fraction of sp³-hybridized carbons (Fsp3) is 0.188. The third-order valence-corrected chi connectivity index (χ3v) is 3.49. The molecule has 3 rings (SSSR count). The van der Waals surface area contributed by atoms with Gasteiger partial charge in [-0.2, -0.15) is 0 Å². The molecule has 8 heteroatoms. The van der Waals surface area contributed by atoms with E-state index in [1.165, 1.54) is 36.3 Å². The Hall–Kier alpha value is -3.16. The van der Waals surface area contributed by atoms with Crippen molar-refractivity contribution in [2.24, 2.45) is 0 Å². The Labute approximate surface area is 137 Å². The van der Waals surface area contributed by atoms with E-state index in [9.17, 15) is 14.0 Å². The number of hydrogen-bond donors (Lipinski definition) is 2. The molecule has 3 amide bonds. The molecule has 2 aromatic rings. The predicted molar refractivity (Wildman–Crippen MR) is 84.8 cm³/mol. The van der Waals surface area contributed by atoms with Gasteiger partial charge in [-0.05, 0) is 18.2 Å². The summed E-state index contributed by atoms with van der Waals surface area (Å²) in [6, 6.07) is 6.93. The highest BCUT2D eigenvalue weighted by Crippen LogP contribution is 2.28. The molecule has 1 fully saturated rings. The molecule has 1 aliphatic rings. The van der Waals surface area contributed by atoms with Gasteiger partial charge in [0, 0.05) is 38.5 Å². The summed E-state index contributed by atoms with van der Waals surface area (Å²) in [4.78, 5) is 28.4. The lowest BCUT2D eigenvalue weighted by Gasteiger charge is -2.16. The SMILES string of the molecule is CNC(=O)c1cc(Oc2ccc(N3CCNC3=O)c(F)c2)ccn1. The molecule has 0 aliphatic carbocycles. The molecule has 0 radical (unpaired) electrons. The molecule has 1 aromatic carbocycles. The number of halogens is 1. The summed E-state index contributed by atoms with van der Waals surface area (Å²) in [5.74, 6) is -0.299. The number of urea groups is 1. The number of pyridine rings is 1. The number of ether oxygens (including phenoxy) is 1. The molecule has 1 aromatic heterocycles. The van der Waals surface area contributed by atoms with Crippen LogP contribution in [0.3, 0.4) is 0 Å². The van der Waals surface area contributed by atoms with Gasteiger partial charge in [-0.25, -0.2) is 9.18 Å². The van der Waals surface area contributed by atoms with Crippen molar-refractivity contribution in [2.45, 2.75) is 0 Å². The predicted octanol–water partition coefficient (Wildman–Crippen LogP) is 1.90. The van der Waals surface area contributed by atoms with Crippen molar-refractivity contribution < 1.29 is 18.7 Å². The lowest BCUT2D eigenvalue weighted by molar-refractivity contribution is 0.0958. The van der Waals surface area contributed by atoms with Crippen molar-refractivity contribution in [3.05, 3.63) is 48.0 Å². The molecule has 7 nitrogen and oxygen atoms in total. The standard InChI is InChI=1S/C16H15FN4O3/c1-18-15(22)13-9-11(4-5-19-13)24-10-2-3-14(12(17)8-10)21-7-6-20-16(21)23/h2-5,8-9H,6-7H2,1H3,(H,18,22)(H,20,23). The summed E-state index contributed by atoms with van der Waals surface area (Å²) in [5, 5.41) is 5.08. The number of aromatic nitrogens is 1. The summed E-state index contributed by atoms with van der Waals surface area (Å²) in [6.45, 7) is 0.894. The lowest BCUT2D eigenvalue weighted by atomic mass is 10.2. The van der Waals surface area contributed by atoms with Crippen LogP contribution in [0.25, 0.3) is 0 Å². The normalized spacial score (nSPS) is 13.6. The minimum absolute atomic E-state index is 0.193. The second-order valence-electron chi connectivity index (χ2n) is 5.05. The third-order valence-electron chi connectivity index (χ3n) is 3.49. The Kier molecular flexibility index (Phi) is 4.28. The van der Waals surface area contributed by atoms with Gasteiger partial charge in [-0.3, -0.25) is 14.7 Å². The molecule has 0 bridgehead atoms. The Morgan fingerprint density at radius 1 is 1.33 bits per heavy atom. The summed E-state index contributed by atoms with van der Waals surface area (Å²) in [7, 11) is 1.50. The Bertz CT molecular complexity index is 797. The van der Waals surface area contributed by atoms with E-state index in [4.69, 9.17) is 4.74 Å².